The maximum absolute atomic E-state index is 6.62. The van der Waals surface area contributed by atoms with Crippen LogP contribution in [0.2, 0.25) is 0 Å². The molecule has 0 bridgehead atoms. The average molecular weight is 749 g/mol. The summed E-state index contributed by atoms with van der Waals surface area (Å²) in [5.74, 6) is 1.50. The number of rotatable bonds is 5. The number of furan rings is 1. The second kappa shape index (κ2) is 12.6. The molecule has 0 saturated heterocycles. The van der Waals surface area contributed by atoms with Gasteiger partial charge in [-0.25, -0.2) is 9.98 Å². The molecule has 0 fully saturated rings. The average Bonchev–Trinajstić information content (AvgIpc) is 3.96. The number of hydrogen-bond donors (Lipinski definition) is 1. The van der Waals surface area contributed by atoms with E-state index >= 15 is 0 Å². The molecule has 1 aliphatic heterocycles. The zero-order chi connectivity index (χ0) is 37.5. The Bertz CT molecular complexity index is 3390. The number of thiophene rings is 1. The van der Waals surface area contributed by atoms with Crippen LogP contribution >= 0.6 is 11.3 Å². The van der Waals surface area contributed by atoms with Crippen molar-refractivity contribution >= 4 is 86.9 Å². The normalized spacial score (nSPS) is 14.5. The van der Waals surface area contributed by atoms with Gasteiger partial charge in [0.15, 0.2) is 5.84 Å². The Hall–Kier alpha value is -7.28. The summed E-state index contributed by atoms with van der Waals surface area (Å²) >= 11 is 1.85. The molecule has 0 radical (unpaired) electrons. The van der Waals surface area contributed by atoms with Crippen LogP contribution in [0, 0.1) is 0 Å². The van der Waals surface area contributed by atoms with Gasteiger partial charge in [-0.05, 0) is 71.3 Å². The first kappa shape index (κ1) is 32.0. The zero-order valence-electron chi connectivity index (χ0n) is 30.6. The molecule has 6 heteroatoms. The summed E-state index contributed by atoms with van der Waals surface area (Å²) in [5, 5.41) is 10.8. The molecule has 1 unspecified atom stereocenters. The molecule has 4 heterocycles. The van der Waals surface area contributed by atoms with Gasteiger partial charge in [0.25, 0.3) is 0 Å². The maximum Gasteiger partial charge on any atom is 0.159 e. The van der Waals surface area contributed by atoms with Crippen LogP contribution < -0.4 is 5.32 Å². The summed E-state index contributed by atoms with van der Waals surface area (Å²) in [6.45, 7) is 0. The smallest absolute Gasteiger partial charge is 0.159 e. The number of hydrogen-bond acceptors (Lipinski definition) is 5. The SMILES string of the molecule is c1ccc(C2=NC(c3ccc4oc5cc(-c6cccc7sc8cccc(-n9c%10ccccc%10c%10ccccc%109)c8c67)ccc5c4c3)NC(c3ccccc3)=N2)cc1. The number of aliphatic imine (C=N–C) groups is 2. The summed E-state index contributed by atoms with van der Waals surface area (Å²) in [7, 11) is 0. The Kier molecular flexibility index (Phi) is 7.09. The third-order valence-corrected chi connectivity index (χ3v) is 12.4. The Morgan fingerprint density at radius 1 is 0.509 bits per heavy atom. The number of nitrogens with zero attached hydrogens (tertiary/aromatic N) is 3. The van der Waals surface area contributed by atoms with Gasteiger partial charge in [-0.3, -0.25) is 0 Å². The highest BCUT2D eigenvalue weighted by atomic mass is 32.1. The fourth-order valence-corrected chi connectivity index (χ4v) is 9.82. The van der Waals surface area contributed by atoms with Crippen molar-refractivity contribution in [2.45, 2.75) is 6.17 Å². The first-order valence-corrected chi connectivity index (χ1v) is 20.0. The van der Waals surface area contributed by atoms with E-state index in [1.54, 1.807) is 0 Å². The Labute approximate surface area is 331 Å². The van der Waals surface area contributed by atoms with Gasteiger partial charge in [0, 0.05) is 52.8 Å². The summed E-state index contributed by atoms with van der Waals surface area (Å²) in [6, 6.07) is 64.3. The minimum atomic E-state index is -0.324. The molecular weight excluding hydrogens is 717 g/mol. The van der Waals surface area contributed by atoms with E-state index in [-0.39, 0.29) is 6.17 Å². The van der Waals surface area contributed by atoms with Crippen molar-refractivity contribution in [3.05, 3.63) is 199 Å². The largest absolute Gasteiger partial charge is 0.456 e. The van der Waals surface area contributed by atoms with Gasteiger partial charge in [0.05, 0.1) is 16.7 Å². The lowest BCUT2D eigenvalue weighted by Crippen LogP contribution is -2.33. The van der Waals surface area contributed by atoms with E-state index < -0.39 is 0 Å². The van der Waals surface area contributed by atoms with E-state index in [0.717, 1.165) is 50.0 Å². The van der Waals surface area contributed by atoms with Crippen LogP contribution in [-0.4, -0.2) is 16.2 Å². The second-order valence-corrected chi connectivity index (χ2v) is 15.6. The van der Waals surface area contributed by atoms with E-state index in [1.807, 2.05) is 47.7 Å². The fraction of sp³-hybridized carbons (Fsp3) is 0.0196. The van der Waals surface area contributed by atoms with Gasteiger partial charge >= 0.3 is 0 Å². The monoisotopic (exact) mass is 748 g/mol. The van der Waals surface area contributed by atoms with Crippen molar-refractivity contribution in [3.8, 4) is 16.8 Å². The molecule has 0 amide bonds. The number of para-hydroxylation sites is 2. The predicted octanol–water partition coefficient (Wildman–Crippen LogP) is 13.2. The van der Waals surface area contributed by atoms with Crippen molar-refractivity contribution in [1.82, 2.24) is 9.88 Å². The number of fused-ring (bicyclic) bond motifs is 9. The molecule has 8 aromatic carbocycles. The predicted molar refractivity (Wildman–Crippen MR) is 238 cm³/mol. The first-order chi connectivity index (χ1) is 28.2. The molecule has 3 aromatic heterocycles. The van der Waals surface area contributed by atoms with Crippen molar-refractivity contribution in [2.24, 2.45) is 9.98 Å². The number of nitrogens with one attached hydrogen (secondary N) is 1. The molecule has 1 atom stereocenters. The molecule has 57 heavy (non-hydrogen) atoms. The van der Waals surface area contributed by atoms with E-state index in [9.17, 15) is 0 Å². The Morgan fingerprint density at radius 3 is 1.96 bits per heavy atom. The summed E-state index contributed by atoms with van der Waals surface area (Å²) in [5.41, 5.74) is 10.7. The van der Waals surface area contributed by atoms with Crippen LogP contribution in [0.1, 0.15) is 22.9 Å². The topological polar surface area (TPSA) is 54.8 Å². The molecule has 0 aliphatic carbocycles. The van der Waals surface area contributed by atoms with E-state index in [4.69, 9.17) is 14.4 Å². The zero-order valence-corrected chi connectivity index (χ0v) is 31.4. The third kappa shape index (κ3) is 5.08. The number of aromatic nitrogens is 1. The molecular formula is C51H32N4OS. The number of amidine groups is 2. The van der Waals surface area contributed by atoms with Gasteiger partial charge in [-0.2, -0.15) is 0 Å². The van der Waals surface area contributed by atoms with Gasteiger partial charge in [0.2, 0.25) is 0 Å². The molecule has 0 spiro atoms. The minimum Gasteiger partial charge on any atom is -0.456 e. The van der Waals surface area contributed by atoms with Crippen LogP contribution in [0.25, 0.3) is 80.7 Å². The lowest BCUT2D eigenvalue weighted by molar-refractivity contribution is 0.663. The highest BCUT2D eigenvalue weighted by Crippen LogP contribution is 2.45. The molecule has 5 nitrogen and oxygen atoms in total. The first-order valence-electron chi connectivity index (χ1n) is 19.2. The van der Waals surface area contributed by atoms with Crippen molar-refractivity contribution in [2.75, 3.05) is 0 Å². The fourth-order valence-electron chi connectivity index (χ4n) is 8.67. The quantitative estimate of drug-likeness (QED) is 0.191. The summed E-state index contributed by atoms with van der Waals surface area (Å²) in [6.07, 6.45) is -0.324. The Balaban J connectivity index is 0.990. The molecule has 1 N–H and O–H groups in total. The number of benzene rings is 8. The van der Waals surface area contributed by atoms with Gasteiger partial charge in [-0.15, -0.1) is 11.3 Å². The lowest BCUT2D eigenvalue weighted by atomic mass is 9.97. The summed E-state index contributed by atoms with van der Waals surface area (Å²) < 4.78 is 11.6. The highest BCUT2D eigenvalue weighted by Gasteiger charge is 2.23. The van der Waals surface area contributed by atoms with Gasteiger partial charge in [0.1, 0.15) is 23.2 Å². The van der Waals surface area contributed by atoms with Crippen LogP contribution in [0.4, 0.5) is 0 Å². The summed E-state index contributed by atoms with van der Waals surface area (Å²) in [4.78, 5) is 10.1. The van der Waals surface area contributed by atoms with Crippen LogP contribution in [-0.2, 0) is 0 Å². The molecule has 0 saturated carbocycles. The molecule has 268 valence electrons. The molecule has 11 aromatic rings. The van der Waals surface area contributed by atoms with E-state index in [1.165, 1.54) is 53.2 Å². The van der Waals surface area contributed by atoms with Crippen molar-refractivity contribution in [3.63, 3.8) is 0 Å². The van der Waals surface area contributed by atoms with Crippen molar-refractivity contribution in [1.29, 1.82) is 0 Å². The second-order valence-electron chi connectivity index (χ2n) is 14.6. The third-order valence-electron chi connectivity index (χ3n) is 11.3. The van der Waals surface area contributed by atoms with Gasteiger partial charge in [-0.1, -0.05) is 127 Å². The van der Waals surface area contributed by atoms with E-state index in [0.29, 0.717) is 5.84 Å². The van der Waals surface area contributed by atoms with Crippen LogP contribution in [0.3, 0.4) is 0 Å². The molecule has 12 rings (SSSR count). The lowest BCUT2D eigenvalue weighted by Gasteiger charge is -2.23. The standard InChI is InChI=1S/C51H32N4OS/c1-3-13-31(14-4-1)49-52-50(32-15-5-2-6-16-32)54-51(53-49)34-26-28-43-39(29-34)38-27-25-33(30-44(38)56-43)35-19-11-23-45-47(35)48-42(22-12-24-46(48)57-45)55-40-20-9-7-17-36(40)37-18-8-10-21-41(37)55/h1-30,51H,(H,52,53,54). The Morgan fingerprint density at radius 2 is 1.19 bits per heavy atom. The van der Waals surface area contributed by atoms with Crippen LogP contribution in [0.5, 0.6) is 0 Å². The van der Waals surface area contributed by atoms with Crippen LogP contribution in [0.15, 0.2) is 196 Å². The van der Waals surface area contributed by atoms with E-state index in [2.05, 4.69) is 155 Å². The maximum atomic E-state index is 6.62. The van der Waals surface area contributed by atoms with Gasteiger partial charge < -0.3 is 14.3 Å². The van der Waals surface area contributed by atoms with Crippen molar-refractivity contribution < 1.29 is 4.42 Å². The minimum absolute atomic E-state index is 0.324. The highest BCUT2D eigenvalue weighted by molar-refractivity contribution is 7.26. The molecule has 1 aliphatic rings.